The van der Waals surface area contributed by atoms with Crippen LogP contribution in [-0.4, -0.2) is 34.8 Å². The van der Waals surface area contributed by atoms with Gasteiger partial charge in [0.2, 0.25) is 0 Å². The summed E-state index contributed by atoms with van der Waals surface area (Å²) in [7, 11) is 3.50. The van der Waals surface area contributed by atoms with Gasteiger partial charge >= 0.3 is 0 Å². The first-order chi connectivity index (χ1) is 8.41. The summed E-state index contributed by atoms with van der Waals surface area (Å²) in [5.74, 6) is 0. The molecule has 0 fully saturated rings. The molecule has 1 aromatic rings. The van der Waals surface area contributed by atoms with Gasteiger partial charge in [0.15, 0.2) is 0 Å². The lowest BCUT2D eigenvalue weighted by atomic mass is 10.1. The Balaban J connectivity index is 2.78. The van der Waals surface area contributed by atoms with E-state index in [2.05, 4.69) is 5.16 Å². The highest BCUT2D eigenvalue weighted by Gasteiger charge is 2.06. The minimum Gasteiger partial charge on any atom is -0.337 e. The van der Waals surface area contributed by atoms with Crippen molar-refractivity contribution in [2.45, 2.75) is 6.92 Å². The van der Waals surface area contributed by atoms with E-state index in [1.807, 2.05) is 0 Å². The highest BCUT2D eigenvalue weighted by Crippen LogP contribution is 2.12. The molecule has 0 amide bonds. The molecular weight excluding hydrogens is 254 g/mol. The van der Waals surface area contributed by atoms with Crippen molar-refractivity contribution in [2.75, 3.05) is 14.1 Å². The Hall–Kier alpha value is -2.02. The molecule has 0 bridgehead atoms. The Morgan fingerprint density at radius 1 is 1.39 bits per heavy atom. The van der Waals surface area contributed by atoms with Crippen molar-refractivity contribution in [3.63, 3.8) is 0 Å². The van der Waals surface area contributed by atoms with Crippen molar-refractivity contribution in [3.8, 4) is 0 Å². The molecule has 0 atom stereocenters. The molecule has 1 rings (SSSR count). The molecule has 0 N–H and O–H groups in total. The van der Waals surface area contributed by atoms with Gasteiger partial charge < -0.3 is 9.74 Å². The Labute approximate surface area is 110 Å². The molecule has 7 heteroatoms. The second-order valence-corrected chi connectivity index (χ2v) is 4.08. The van der Waals surface area contributed by atoms with Gasteiger partial charge in [-0.15, -0.1) is 0 Å². The van der Waals surface area contributed by atoms with Crippen LogP contribution in [0.1, 0.15) is 12.5 Å². The van der Waals surface area contributed by atoms with E-state index in [-0.39, 0.29) is 10.9 Å². The van der Waals surface area contributed by atoms with Crippen molar-refractivity contribution < 1.29 is 9.76 Å². The molecule has 0 aliphatic rings. The SMILES string of the molecule is C/C(=N\OC(=S)N(C)C)c1ccc([N+](=O)[O-])cc1. The van der Waals surface area contributed by atoms with Crippen LogP contribution in [0.15, 0.2) is 29.4 Å². The van der Waals surface area contributed by atoms with Crippen molar-refractivity contribution in [1.82, 2.24) is 4.90 Å². The molecular formula is C11H13N3O3S. The predicted octanol–water partition coefficient (Wildman–Crippen LogP) is 2.18. The average molecular weight is 267 g/mol. The number of nitrogens with zero attached hydrogens (tertiary/aromatic N) is 3. The first kappa shape index (κ1) is 14.0. The quantitative estimate of drug-likeness (QED) is 0.363. The molecule has 0 aliphatic carbocycles. The van der Waals surface area contributed by atoms with E-state index >= 15 is 0 Å². The van der Waals surface area contributed by atoms with Crippen LogP contribution in [0.25, 0.3) is 0 Å². The summed E-state index contributed by atoms with van der Waals surface area (Å²) < 4.78 is 0. The zero-order valence-electron chi connectivity index (χ0n) is 10.3. The van der Waals surface area contributed by atoms with Crippen LogP contribution in [0.3, 0.4) is 0 Å². The fraction of sp³-hybridized carbons (Fsp3) is 0.273. The van der Waals surface area contributed by atoms with Crippen molar-refractivity contribution in [1.29, 1.82) is 0 Å². The molecule has 0 aliphatic heterocycles. The number of oxime groups is 1. The molecule has 6 nitrogen and oxygen atoms in total. The topological polar surface area (TPSA) is 68.0 Å². The standard InChI is InChI=1S/C11H13N3O3S/c1-8(12-17-11(18)13(2)3)9-4-6-10(7-5-9)14(15)16/h4-7H,1-3H3/b12-8+. The number of nitro benzene ring substituents is 1. The first-order valence-electron chi connectivity index (χ1n) is 5.09. The smallest absolute Gasteiger partial charge is 0.291 e. The lowest BCUT2D eigenvalue weighted by Gasteiger charge is -2.10. The van der Waals surface area contributed by atoms with Crippen LogP contribution in [0.2, 0.25) is 0 Å². The summed E-state index contributed by atoms with van der Waals surface area (Å²) in [6.45, 7) is 1.74. The van der Waals surface area contributed by atoms with Gasteiger partial charge in [0, 0.05) is 26.2 Å². The third-order valence-corrected chi connectivity index (χ3v) is 2.56. The number of hydrogen-bond acceptors (Lipinski definition) is 5. The number of nitro groups is 1. The average Bonchev–Trinajstić information content (AvgIpc) is 2.35. The lowest BCUT2D eigenvalue weighted by Crippen LogP contribution is -2.21. The Morgan fingerprint density at radius 3 is 2.39 bits per heavy atom. The van der Waals surface area contributed by atoms with Crippen LogP contribution in [0.4, 0.5) is 5.69 Å². The number of rotatable bonds is 3. The Bertz CT molecular complexity index is 483. The predicted molar refractivity (Wildman–Crippen MR) is 72.7 cm³/mol. The first-order valence-corrected chi connectivity index (χ1v) is 5.50. The molecule has 0 aromatic heterocycles. The molecule has 1 aromatic carbocycles. The van der Waals surface area contributed by atoms with Crippen molar-refractivity contribution >= 4 is 28.8 Å². The van der Waals surface area contributed by atoms with E-state index in [1.54, 1.807) is 38.1 Å². The van der Waals surface area contributed by atoms with Crippen LogP contribution < -0.4 is 0 Å². The summed E-state index contributed by atoms with van der Waals surface area (Å²) in [6.07, 6.45) is 0. The highest BCUT2D eigenvalue weighted by atomic mass is 32.1. The van der Waals surface area contributed by atoms with E-state index in [1.165, 1.54) is 12.1 Å². The van der Waals surface area contributed by atoms with Gasteiger partial charge in [0.1, 0.15) is 0 Å². The minimum atomic E-state index is -0.450. The fourth-order valence-electron chi connectivity index (χ4n) is 1.07. The summed E-state index contributed by atoms with van der Waals surface area (Å²) in [4.78, 5) is 16.7. The summed E-state index contributed by atoms with van der Waals surface area (Å²) >= 11 is 4.91. The molecule has 0 spiro atoms. The van der Waals surface area contributed by atoms with Crippen LogP contribution in [0, 0.1) is 10.1 Å². The van der Waals surface area contributed by atoms with Crippen LogP contribution in [-0.2, 0) is 4.84 Å². The summed E-state index contributed by atoms with van der Waals surface area (Å²) in [5, 5.41) is 14.6. The normalized spacial score (nSPS) is 10.9. The second kappa shape index (κ2) is 6.06. The van der Waals surface area contributed by atoms with Crippen LogP contribution in [0.5, 0.6) is 0 Å². The van der Waals surface area contributed by atoms with Gasteiger partial charge in [-0.1, -0.05) is 5.16 Å². The Morgan fingerprint density at radius 2 is 1.94 bits per heavy atom. The molecule has 18 heavy (non-hydrogen) atoms. The third kappa shape index (κ3) is 3.77. The monoisotopic (exact) mass is 267 g/mol. The lowest BCUT2D eigenvalue weighted by molar-refractivity contribution is -0.384. The highest BCUT2D eigenvalue weighted by molar-refractivity contribution is 7.79. The number of hydrogen-bond donors (Lipinski definition) is 0. The van der Waals surface area contributed by atoms with E-state index in [4.69, 9.17) is 17.1 Å². The second-order valence-electron chi connectivity index (χ2n) is 3.73. The van der Waals surface area contributed by atoms with Crippen molar-refractivity contribution in [3.05, 3.63) is 39.9 Å². The molecule has 0 heterocycles. The van der Waals surface area contributed by atoms with E-state index in [9.17, 15) is 10.1 Å². The molecule has 0 radical (unpaired) electrons. The Kier molecular flexibility index (Phi) is 4.73. The van der Waals surface area contributed by atoms with Gasteiger partial charge in [-0.05, 0) is 36.8 Å². The van der Waals surface area contributed by atoms with Crippen LogP contribution >= 0.6 is 12.2 Å². The third-order valence-electron chi connectivity index (χ3n) is 2.12. The van der Waals surface area contributed by atoms with Gasteiger partial charge in [-0.2, -0.15) is 0 Å². The number of non-ortho nitro benzene ring substituents is 1. The molecule has 0 saturated heterocycles. The number of thiocarbonyl (C=S) groups is 1. The fourth-order valence-corrected chi connectivity index (χ4v) is 1.10. The van der Waals surface area contributed by atoms with Gasteiger partial charge in [0.25, 0.3) is 10.9 Å². The summed E-state index contributed by atoms with van der Waals surface area (Å²) in [6, 6.07) is 6.05. The zero-order chi connectivity index (χ0) is 13.7. The molecule has 96 valence electrons. The zero-order valence-corrected chi connectivity index (χ0v) is 11.1. The van der Waals surface area contributed by atoms with E-state index in [0.717, 1.165) is 5.56 Å². The van der Waals surface area contributed by atoms with E-state index in [0.29, 0.717) is 5.71 Å². The minimum absolute atomic E-state index is 0.0382. The maximum absolute atomic E-state index is 10.5. The molecule has 0 unspecified atom stereocenters. The number of benzene rings is 1. The largest absolute Gasteiger partial charge is 0.337 e. The summed E-state index contributed by atoms with van der Waals surface area (Å²) in [5.41, 5.74) is 1.37. The maximum atomic E-state index is 10.5. The van der Waals surface area contributed by atoms with Gasteiger partial charge in [-0.25, -0.2) is 0 Å². The van der Waals surface area contributed by atoms with Gasteiger partial charge in [-0.3, -0.25) is 10.1 Å². The maximum Gasteiger partial charge on any atom is 0.291 e. The molecule has 0 saturated carbocycles. The van der Waals surface area contributed by atoms with Gasteiger partial charge in [0.05, 0.1) is 10.6 Å². The van der Waals surface area contributed by atoms with E-state index < -0.39 is 4.92 Å². The van der Waals surface area contributed by atoms with Crippen molar-refractivity contribution in [2.24, 2.45) is 5.16 Å².